The lowest BCUT2D eigenvalue weighted by molar-refractivity contribution is -0.137. The van der Waals surface area contributed by atoms with Crippen molar-refractivity contribution in [3.8, 4) is 17.2 Å². The molecule has 2 rings (SSSR count). The fourth-order valence-corrected chi connectivity index (χ4v) is 2.51. The molecule has 0 saturated carbocycles. The van der Waals surface area contributed by atoms with Gasteiger partial charge in [-0.25, -0.2) is 4.79 Å². The Morgan fingerprint density at radius 2 is 1.44 bits per heavy atom. The van der Waals surface area contributed by atoms with Crippen molar-refractivity contribution < 1.29 is 23.7 Å². The van der Waals surface area contributed by atoms with Crippen LogP contribution in [0.1, 0.15) is 23.6 Å². The number of esters is 1. The molecule has 0 fully saturated rings. The number of carbonyl (C=O) groups excluding carboxylic acids is 1. The molecule has 0 heterocycles. The molecule has 0 atom stereocenters. The molecule has 2 aromatic rings. The molecule has 0 aromatic heterocycles. The van der Waals surface area contributed by atoms with Crippen LogP contribution < -0.4 is 14.2 Å². The van der Waals surface area contributed by atoms with E-state index >= 15 is 0 Å². The summed E-state index contributed by atoms with van der Waals surface area (Å²) in [6.07, 6.45) is 7.08. The van der Waals surface area contributed by atoms with Gasteiger partial charge in [-0.15, -0.1) is 0 Å². The summed E-state index contributed by atoms with van der Waals surface area (Å²) in [7, 11) is 4.75. The Hall–Kier alpha value is -3.21. The van der Waals surface area contributed by atoms with E-state index in [1.165, 1.54) is 6.08 Å². The van der Waals surface area contributed by atoms with Crippen molar-refractivity contribution in [1.82, 2.24) is 0 Å². The van der Waals surface area contributed by atoms with Gasteiger partial charge >= 0.3 is 5.97 Å². The largest absolute Gasteiger partial charge is 0.493 e. The number of hydrogen-bond donors (Lipinski definition) is 0. The molecule has 0 spiro atoms. The number of ether oxygens (including phenoxy) is 4. The second kappa shape index (κ2) is 10.1. The summed E-state index contributed by atoms with van der Waals surface area (Å²) in [4.78, 5) is 11.4. The first-order chi connectivity index (χ1) is 13.1. The van der Waals surface area contributed by atoms with E-state index in [2.05, 4.69) is 0 Å². The molecule has 5 heteroatoms. The molecular formula is C22H24O5. The van der Waals surface area contributed by atoms with Gasteiger partial charge in [-0.1, -0.05) is 30.4 Å². The van der Waals surface area contributed by atoms with Crippen LogP contribution in [0.2, 0.25) is 0 Å². The first-order valence-corrected chi connectivity index (χ1v) is 8.54. The molecule has 142 valence electrons. The van der Waals surface area contributed by atoms with Crippen molar-refractivity contribution in [3.05, 3.63) is 59.2 Å². The molecule has 0 amide bonds. The van der Waals surface area contributed by atoms with Crippen molar-refractivity contribution >= 4 is 24.2 Å². The van der Waals surface area contributed by atoms with E-state index in [0.717, 1.165) is 16.7 Å². The summed E-state index contributed by atoms with van der Waals surface area (Å²) in [5.74, 6) is 1.41. The number of rotatable bonds is 8. The van der Waals surface area contributed by atoms with Gasteiger partial charge in [0.15, 0.2) is 11.5 Å². The van der Waals surface area contributed by atoms with Crippen molar-refractivity contribution in [2.75, 3.05) is 27.9 Å². The average Bonchev–Trinajstić information content (AvgIpc) is 2.70. The van der Waals surface area contributed by atoms with Crippen molar-refractivity contribution in [2.45, 2.75) is 6.92 Å². The van der Waals surface area contributed by atoms with E-state index in [-0.39, 0.29) is 5.97 Å². The van der Waals surface area contributed by atoms with Gasteiger partial charge in [0.25, 0.3) is 0 Å². The minimum Gasteiger partial charge on any atom is -0.493 e. The second-order valence-electron chi connectivity index (χ2n) is 5.55. The molecule has 2 aromatic carbocycles. The number of methoxy groups -OCH3 is 3. The maximum atomic E-state index is 11.4. The zero-order valence-electron chi connectivity index (χ0n) is 16.0. The lowest BCUT2D eigenvalue weighted by Gasteiger charge is -2.12. The lowest BCUT2D eigenvalue weighted by atomic mass is 10.1. The monoisotopic (exact) mass is 368 g/mol. The summed E-state index contributed by atoms with van der Waals surface area (Å²) >= 11 is 0. The smallest absolute Gasteiger partial charge is 0.330 e. The van der Waals surface area contributed by atoms with Gasteiger partial charge < -0.3 is 18.9 Å². The quantitative estimate of drug-likeness (QED) is 0.391. The van der Waals surface area contributed by atoms with Gasteiger partial charge in [0.2, 0.25) is 5.75 Å². The molecule has 5 nitrogen and oxygen atoms in total. The summed E-state index contributed by atoms with van der Waals surface area (Å²) in [5, 5.41) is 0. The topological polar surface area (TPSA) is 54.0 Å². The minimum absolute atomic E-state index is 0.351. The van der Waals surface area contributed by atoms with Gasteiger partial charge in [-0.3, -0.25) is 0 Å². The third-order valence-electron chi connectivity index (χ3n) is 3.76. The highest BCUT2D eigenvalue weighted by Crippen LogP contribution is 2.38. The molecule has 27 heavy (non-hydrogen) atoms. The molecule has 0 aliphatic heterocycles. The SMILES string of the molecule is CCOC(=O)/C=C/c1cccc(/C=C/c2cc(OC)c(OC)c(OC)c2)c1. The highest BCUT2D eigenvalue weighted by atomic mass is 16.5. The maximum absolute atomic E-state index is 11.4. The van der Waals surface area contributed by atoms with Crippen LogP contribution in [0, 0.1) is 0 Å². The van der Waals surface area contributed by atoms with Crippen LogP contribution in [0.5, 0.6) is 17.2 Å². The van der Waals surface area contributed by atoms with Gasteiger partial charge in [0.1, 0.15) is 0 Å². The van der Waals surface area contributed by atoms with E-state index < -0.39 is 0 Å². The minimum atomic E-state index is -0.351. The van der Waals surface area contributed by atoms with Crippen molar-refractivity contribution in [1.29, 1.82) is 0 Å². The Labute approximate surface area is 159 Å². The summed E-state index contributed by atoms with van der Waals surface area (Å²) in [6, 6.07) is 11.6. The van der Waals surface area contributed by atoms with E-state index in [9.17, 15) is 4.79 Å². The Morgan fingerprint density at radius 1 is 0.852 bits per heavy atom. The molecule has 0 N–H and O–H groups in total. The third kappa shape index (κ3) is 5.64. The first-order valence-electron chi connectivity index (χ1n) is 8.54. The molecule has 0 radical (unpaired) electrons. The third-order valence-corrected chi connectivity index (χ3v) is 3.76. The highest BCUT2D eigenvalue weighted by molar-refractivity contribution is 5.87. The Kier molecular flexibility index (Phi) is 7.49. The van der Waals surface area contributed by atoms with E-state index in [1.807, 2.05) is 48.6 Å². The van der Waals surface area contributed by atoms with Crippen molar-refractivity contribution in [3.63, 3.8) is 0 Å². The predicted octanol–water partition coefficient (Wildman–Crippen LogP) is 4.46. The molecule has 0 aliphatic carbocycles. The highest BCUT2D eigenvalue weighted by Gasteiger charge is 2.11. The number of carbonyl (C=O) groups is 1. The van der Waals surface area contributed by atoms with Crippen LogP contribution in [0.3, 0.4) is 0 Å². The van der Waals surface area contributed by atoms with Gasteiger partial charge in [0, 0.05) is 6.08 Å². The van der Waals surface area contributed by atoms with E-state index in [1.54, 1.807) is 34.3 Å². The predicted molar refractivity (Wildman–Crippen MR) is 107 cm³/mol. The Morgan fingerprint density at radius 3 is 2.00 bits per heavy atom. The van der Waals surface area contributed by atoms with Crippen LogP contribution in [0.25, 0.3) is 18.2 Å². The first kappa shape index (κ1) is 20.1. The fourth-order valence-electron chi connectivity index (χ4n) is 2.51. The molecule has 0 unspecified atom stereocenters. The second-order valence-corrected chi connectivity index (χ2v) is 5.55. The summed E-state index contributed by atoms with van der Waals surface area (Å²) < 4.78 is 21.0. The van der Waals surface area contributed by atoms with Crippen molar-refractivity contribution in [2.24, 2.45) is 0 Å². The van der Waals surface area contributed by atoms with Crippen LogP contribution in [0.15, 0.2) is 42.5 Å². The summed E-state index contributed by atoms with van der Waals surface area (Å²) in [6.45, 7) is 2.14. The van der Waals surface area contributed by atoms with Crippen LogP contribution in [0.4, 0.5) is 0 Å². The normalized spacial score (nSPS) is 11.0. The lowest BCUT2D eigenvalue weighted by Crippen LogP contribution is -1.98. The zero-order valence-corrected chi connectivity index (χ0v) is 16.0. The van der Waals surface area contributed by atoms with Gasteiger partial charge in [0.05, 0.1) is 27.9 Å². The Bertz CT molecular complexity index is 811. The zero-order chi connectivity index (χ0) is 19.6. The van der Waals surface area contributed by atoms with Gasteiger partial charge in [-0.2, -0.15) is 0 Å². The molecule has 0 saturated heterocycles. The van der Waals surface area contributed by atoms with Gasteiger partial charge in [-0.05, 0) is 47.9 Å². The average molecular weight is 368 g/mol. The van der Waals surface area contributed by atoms with Crippen LogP contribution in [-0.2, 0) is 9.53 Å². The fraction of sp³-hybridized carbons (Fsp3) is 0.227. The van der Waals surface area contributed by atoms with E-state index in [0.29, 0.717) is 23.9 Å². The van der Waals surface area contributed by atoms with E-state index in [4.69, 9.17) is 18.9 Å². The van der Waals surface area contributed by atoms with Crippen LogP contribution in [-0.4, -0.2) is 33.9 Å². The summed E-state index contributed by atoms with van der Waals surface area (Å²) in [5.41, 5.74) is 2.82. The standard InChI is InChI=1S/C22H24O5/c1-5-27-21(23)12-11-17-8-6-7-16(13-17)9-10-18-14-19(24-2)22(26-4)20(15-18)25-3/h6-15H,5H2,1-4H3/b10-9+,12-11+. The van der Waals surface area contributed by atoms with Crippen LogP contribution >= 0.6 is 0 Å². The molecule has 0 aliphatic rings. The molecule has 0 bridgehead atoms. The maximum Gasteiger partial charge on any atom is 0.330 e. The number of benzene rings is 2. The molecular weight excluding hydrogens is 344 g/mol. The number of hydrogen-bond acceptors (Lipinski definition) is 5. The Balaban J connectivity index is 2.23.